The van der Waals surface area contributed by atoms with Crippen molar-refractivity contribution < 1.29 is 28.2 Å². The van der Waals surface area contributed by atoms with Crippen LogP contribution in [-0.2, 0) is 37.6 Å². The summed E-state index contributed by atoms with van der Waals surface area (Å²) in [7, 11) is 0. The molecule has 1 aliphatic carbocycles. The number of likely N-dealkylation sites (tertiary alicyclic amines) is 2. The minimum absolute atomic E-state index is 0.0103. The molecule has 1 saturated carbocycles. The van der Waals surface area contributed by atoms with Gasteiger partial charge in [0, 0.05) is 36.7 Å². The van der Waals surface area contributed by atoms with Crippen LogP contribution < -0.4 is 0 Å². The van der Waals surface area contributed by atoms with Gasteiger partial charge in [-0.1, -0.05) is 18.2 Å². The first kappa shape index (κ1) is 31.2. The zero-order valence-electron chi connectivity index (χ0n) is 27.0. The Morgan fingerprint density at radius 1 is 1.15 bits per heavy atom. The van der Waals surface area contributed by atoms with Gasteiger partial charge in [0.25, 0.3) is 0 Å². The Labute approximate surface area is 270 Å². The zero-order valence-corrected chi connectivity index (χ0v) is 27.0. The molecular formula is C36H43FN4O5. The van der Waals surface area contributed by atoms with Crippen molar-refractivity contribution in [1.29, 1.82) is 5.26 Å². The maximum atomic E-state index is 15.6. The number of fused-ring (bicyclic) bond motifs is 4. The van der Waals surface area contributed by atoms with Gasteiger partial charge in [-0.15, -0.1) is 0 Å². The summed E-state index contributed by atoms with van der Waals surface area (Å²) in [4.78, 5) is 35.7. The number of amides is 1. The summed E-state index contributed by atoms with van der Waals surface area (Å²) >= 11 is 0. The molecule has 9 nitrogen and oxygen atoms in total. The molecule has 0 radical (unpaired) electrons. The van der Waals surface area contributed by atoms with Gasteiger partial charge < -0.3 is 14.2 Å². The topological polar surface area (TPSA) is 105 Å². The zero-order chi connectivity index (χ0) is 32.2. The van der Waals surface area contributed by atoms with Gasteiger partial charge >= 0.3 is 6.09 Å². The van der Waals surface area contributed by atoms with E-state index in [2.05, 4.69) is 11.0 Å². The van der Waals surface area contributed by atoms with E-state index in [4.69, 9.17) is 19.2 Å². The highest BCUT2D eigenvalue weighted by molar-refractivity contribution is 5.89. The Balaban J connectivity index is 1.03. The number of ketones is 1. The minimum Gasteiger partial charge on any atom is -0.444 e. The Kier molecular flexibility index (Phi) is 8.15. The number of aromatic nitrogens is 1. The molecule has 10 heteroatoms. The van der Waals surface area contributed by atoms with Gasteiger partial charge in [-0.2, -0.15) is 5.26 Å². The third-order valence-electron chi connectivity index (χ3n) is 10.6. The van der Waals surface area contributed by atoms with Crippen molar-refractivity contribution in [2.45, 2.75) is 102 Å². The number of hydrogen-bond donors (Lipinski definition) is 0. The van der Waals surface area contributed by atoms with Crippen LogP contribution in [0.25, 0.3) is 11.3 Å². The number of nitriles is 1. The van der Waals surface area contributed by atoms with Crippen molar-refractivity contribution in [3.8, 4) is 17.3 Å². The van der Waals surface area contributed by atoms with Crippen LogP contribution >= 0.6 is 0 Å². The van der Waals surface area contributed by atoms with E-state index in [0.29, 0.717) is 29.5 Å². The van der Waals surface area contributed by atoms with E-state index in [1.165, 1.54) is 6.07 Å². The summed E-state index contributed by atoms with van der Waals surface area (Å²) in [5, 5.41) is 9.98. The normalized spacial score (nSPS) is 26.1. The monoisotopic (exact) mass is 630 g/mol. The number of halogens is 1. The van der Waals surface area contributed by atoms with Crippen LogP contribution in [0.1, 0.15) is 76.1 Å². The lowest BCUT2D eigenvalue weighted by Gasteiger charge is -2.44. The molecular weight excluding hydrogens is 587 g/mol. The standard InChI is InChI=1S/C36H43FN4O5/c1-35(2,3)46-34(43)41-27-8-6-25(16-27)32(41)31(42)15-22(18-38)14-23-4-5-24(17-29(23)37)30-9-7-26-19-45-36(33(26)39-30)10-12-40(13-11-36)28-20-44-21-28/h4-5,7,9,17,22,25,27-28,32H,6,8,10-16,19-21H2,1-3H3/t22-,25+,27-,32+/m1/s1. The Bertz CT molecular complexity index is 1550. The van der Waals surface area contributed by atoms with E-state index < -0.39 is 35.1 Å². The van der Waals surface area contributed by atoms with Crippen molar-refractivity contribution >= 4 is 11.9 Å². The molecule has 3 saturated heterocycles. The highest BCUT2D eigenvalue weighted by Crippen LogP contribution is 2.45. The largest absolute Gasteiger partial charge is 0.444 e. The molecule has 5 aliphatic rings. The molecule has 1 amide bonds. The highest BCUT2D eigenvalue weighted by Gasteiger charge is 2.52. The lowest BCUT2D eigenvalue weighted by molar-refractivity contribution is -0.126. The third-order valence-corrected chi connectivity index (χ3v) is 10.6. The molecule has 1 aromatic heterocycles. The molecule has 7 rings (SSSR count). The van der Waals surface area contributed by atoms with E-state index in [-0.39, 0.29) is 30.6 Å². The maximum Gasteiger partial charge on any atom is 0.411 e. The average molecular weight is 631 g/mol. The van der Waals surface area contributed by atoms with Gasteiger partial charge in [-0.3, -0.25) is 14.6 Å². The fourth-order valence-corrected chi connectivity index (χ4v) is 8.15. The molecule has 0 unspecified atom stereocenters. The van der Waals surface area contributed by atoms with Crippen LogP contribution in [0.3, 0.4) is 0 Å². The average Bonchev–Trinajstić information content (AvgIpc) is 3.71. The lowest BCUT2D eigenvalue weighted by atomic mass is 9.86. The molecule has 5 heterocycles. The minimum atomic E-state index is -0.708. The Morgan fingerprint density at radius 2 is 1.93 bits per heavy atom. The summed E-state index contributed by atoms with van der Waals surface area (Å²) in [6.45, 7) is 9.43. The Hall–Kier alpha value is -3.39. The number of piperidine rings is 2. The van der Waals surface area contributed by atoms with Crippen LogP contribution in [0.2, 0.25) is 0 Å². The van der Waals surface area contributed by atoms with Crippen LogP contribution in [0.4, 0.5) is 9.18 Å². The van der Waals surface area contributed by atoms with E-state index >= 15 is 4.39 Å². The second-order valence-corrected chi connectivity index (χ2v) is 14.8. The molecule has 244 valence electrons. The number of nitrogens with zero attached hydrogens (tertiary/aromatic N) is 4. The van der Waals surface area contributed by atoms with Gasteiger partial charge in [0.1, 0.15) is 17.0 Å². The number of hydrogen-bond acceptors (Lipinski definition) is 8. The van der Waals surface area contributed by atoms with Crippen LogP contribution in [0.5, 0.6) is 0 Å². The molecule has 4 atom stereocenters. The van der Waals surface area contributed by atoms with Gasteiger partial charge in [0.2, 0.25) is 0 Å². The number of carbonyl (C=O) groups excluding carboxylic acids is 2. The first-order valence-electron chi connectivity index (χ1n) is 16.7. The molecule has 1 aromatic carbocycles. The number of ether oxygens (including phenoxy) is 3. The molecule has 2 aromatic rings. The van der Waals surface area contributed by atoms with Crippen molar-refractivity contribution in [1.82, 2.24) is 14.8 Å². The maximum absolute atomic E-state index is 15.6. The number of benzene rings is 1. The van der Waals surface area contributed by atoms with Crippen molar-refractivity contribution in [3.05, 3.63) is 53.0 Å². The summed E-state index contributed by atoms with van der Waals surface area (Å²) in [6, 6.07) is 11.1. The molecule has 4 fully saturated rings. The first-order chi connectivity index (χ1) is 22.0. The SMILES string of the molecule is CC(C)(C)OC(=O)N1[C@@H]2CC[C@@H](C2)[C@H]1C(=O)C[C@H](C#N)Cc1ccc(-c2ccc3c(n2)C2(CCN(C4COC4)CC2)OC3)cc1F. The molecule has 1 spiro atoms. The molecule has 46 heavy (non-hydrogen) atoms. The van der Waals surface area contributed by atoms with Crippen molar-refractivity contribution in [2.75, 3.05) is 26.3 Å². The fourth-order valence-electron chi connectivity index (χ4n) is 8.15. The summed E-state index contributed by atoms with van der Waals surface area (Å²) in [5.41, 5.74) is 2.71. The van der Waals surface area contributed by atoms with Gasteiger partial charge in [-0.25, -0.2) is 14.2 Å². The second-order valence-electron chi connectivity index (χ2n) is 14.8. The van der Waals surface area contributed by atoms with Gasteiger partial charge in [0.05, 0.1) is 55.3 Å². The summed E-state index contributed by atoms with van der Waals surface area (Å²) in [5.74, 6) is -1.20. The summed E-state index contributed by atoms with van der Waals surface area (Å²) < 4.78 is 32.9. The highest BCUT2D eigenvalue weighted by atomic mass is 19.1. The molecule has 2 bridgehead atoms. The molecule has 4 aliphatic heterocycles. The lowest BCUT2D eigenvalue weighted by Crippen LogP contribution is -2.54. The molecule has 0 N–H and O–H groups in total. The summed E-state index contributed by atoms with van der Waals surface area (Å²) in [6.07, 6.45) is 3.85. The smallest absolute Gasteiger partial charge is 0.411 e. The second kappa shape index (κ2) is 12.0. The van der Waals surface area contributed by atoms with E-state index in [1.54, 1.807) is 11.0 Å². The number of carbonyl (C=O) groups is 2. The van der Waals surface area contributed by atoms with Crippen LogP contribution in [0.15, 0.2) is 30.3 Å². The fraction of sp³-hybridized carbons (Fsp3) is 0.611. The van der Waals surface area contributed by atoms with Crippen molar-refractivity contribution in [2.24, 2.45) is 11.8 Å². The van der Waals surface area contributed by atoms with E-state index in [1.807, 2.05) is 39.0 Å². The number of rotatable bonds is 7. The third kappa shape index (κ3) is 5.82. The van der Waals surface area contributed by atoms with Crippen LogP contribution in [-0.4, -0.2) is 76.7 Å². The Morgan fingerprint density at radius 3 is 2.61 bits per heavy atom. The van der Waals surface area contributed by atoms with Gasteiger partial charge in [0.15, 0.2) is 5.78 Å². The van der Waals surface area contributed by atoms with E-state index in [9.17, 15) is 14.9 Å². The predicted molar refractivity (Wildman–Crippen MR) is 167 cm³/mol. The quantitative estimate of drug-likeness (QED) is 0.393. The first-order valence-corrected chi connectivity index (χ1v) is 16.7. The number of pyridine rings is 1. The van der Waals surface area contributed by atoms with Crippen LogP contribution in [0, 0.1) is 29.0 Å². The van der Waals surface area contributed by atoms with Gasteiger partial charge in [-0.05, 0) is 82.9 Å². The number of Topliss-reactive ketones (excluding diaryl/α,β-unsaturated/α-hetero) is 1. The predicted octanol–water partition coefficient (Wildman–Crippen LogP) is 5.54. The van der Waals surface area contributed by atoms with Crippen molar-refractivity contribution in [3.63, 3.8) is 0 Å². The van der Waals surface area contributed by atoms with E-state index in [0.717, 1.165) is 69.7 Å².